The summed E-state index contributed by atoms with van der Waals surface area (Å²) in [5.41, 5.74) is 1.87. The standard InChI is InChI=1S/C14H11Cl2NO2/c1-8-2-3-9(6-11(8)15)14(19)17-10-4-5-13(18)12(16)7-10/h2-7,18H,1H3,(H,17,19). The second kappa shape index (κ2) is 5.51. The molecule has 0 fully saturated rings. The van der Waals surface area contributed by atoms with Crippen LogP contribution in [0.3, 0.4) is 0 Å². The molecule has 2 N–H and O–H groups in total. The van der Waals surface area contributed by atoms with E-state index in [2.05, 4.69) is 5.32 Å². The molecule has 0 aliphatic carbocycles. The number of hydrogen-bond donors (Lipinski definition) is 2. The number of carbonyl (C=O) groups is 1. The Morgan fingerprint density at radius 3 is 2.47 bits per heavy atom. The molecule has 0 saturated carbocycles. The first-order chi connectivity index (χ1) is 8.97. The predicted molar refractivity (Wildman–Crippen MR) is 77.3 cm³/mol. The van der Waals surface area contributed by atoms with Gasteiger partial charge in [0.2, 0.25) is 0 Å². The van der Waals surface area contributed by atoms with Crippen LogP contribution in [0.5, 0.6) is 5.75 Å². The Kier molecular flexibility index (Phi) is 3.98. The lowest BCUT2D eigenvalue weighted by atomic mass is 10.1. The molecule has 19 heavy (non-hydrogen) atoms. The van der Waals surface area contributed by atoms with Gasteiger partial charge in [-0.15, -0.1) is 0 Å². The van der Waals surface area contributed by atoms with Crippen molar-refractivity contribution in [3.8, 4) is 5.75 Å². The highest BCUT2D eigenvalue weighted by atomic mass is 35.5. The van der Waals surface area contributed by atoms with Crippen molar-refractivity contribution in [2.45, 2.75) is 6.92 Å². The molecule has 0 heterocycles. The smallest absolute Gasteiger partial charge is 0.255 e. The minimum atomic E-state index is -0.288. The average molecular weight is 296 g/mol. The van der Waals surface area contributed by atoms with Gasteiger partial charge in [0.15, 0.2) is 0 Å². The minimum Gasteiger partial charge on any atom is -0.506 e. The third-order valence-electron chi connectivity index (χ3n) is 2.64. The quantitative estimate of drug-likeness (QED) is 0.813. The fourth-order valence-corrected chi connectivity index (χ4v) is 1.88. The van der Waals surface area contributed by atoms with Gasteiger partial charge in [-0.2, -0.15) is 0 Å². The second-order valence-corrected chi connectivity index (χ2v) is 4.90. The van der Waals surface area contributed by atoms with Crippen LogP contribution in [-0.2, 0) is 0 Å². The number of halogens is 2. The van der Waals surface area contributed by atoms with Gasteiger partial charge in [0.1, 0.15) is 5.75 Å². The number of phenolic OH excluding ortho intramolecular Hbond substituents is 1. The van der Waals surface area contributed by atoms with Crippen molar-refractivity contribution in [1.29, 1.82) is 0 Å². The number of benzene rings is 2. The van der Waals surface area contributed by atoms with E-state index in [1.807, 2.05) is 6.92 Å². The lowest BCUT2D eigenvalue weighted by molar-refractivity contribution is 0.102. The maximum Gasteiger partial charge on any atom is 0.255 e. The van der Waals surface area contributed by atoms with Crippen LogP contribution >= 0.6 is 23.2 Å². The van der Waals surface area contributed by atoms with E-state index >= 15 is 0 Å². The first-order valence-corrected chi connectivity index (χ1v) is 6.29. The van der Waals surface area contributed by atoms with Crippen LogP contribution in [0.4, 0.5) is 5.69 Å². The zero-order valence-electron chi connectivity index (χ0n) is 10.1. The lowest BCUT2D eigenvalue weighted by Crippen LogP contribution is -2.11. The molecule has 2 aromatic carbocycles. The highest BCUT2D eigenvalue weighted by Gasteiger charge is 2.09. The number of rotatable bonds is 2. The topological polar surface area (TPSA) is 49.3 Å². The van der Waals surface area contributed by atoms with Crippen LogP contribution in [0.1, 0.15) is 15.9 Å². The van der Waals surface area contributed by atoms with Crippen molar-refractivity contribution in [2.24, 2.45) is 0 Å². The van der Waals surface area contributed by atoms with Gasteiger partial charge in [0, 0.05) is 16.3 Å². The number of amides is 1. The molecular weight excluding hydrogens is 285 g/mol. The Labute approximate surface area is 120 Å². The minimum absolute atomic E-state index is 0.0296. The van der Waals surface area contributed by atoms with Crippen LogP contribution in [0.2, 0.25) is 10.0 Å². The number of aryl methyl sites for hydroxylation is 1. The van der Waals surface area contributed by atoms with Crippen molar-refractivity contribution in [3.05, 3.63) is 57.6 Å². The van der Waals surface area contributed by atoms with Gasteiger partial charge in [-0.05, 0) is 42.8 Å². The molecule has 3 nitrogen and oxygen atoms in total. The van der Waals surface area contributed by atoms with Gasteiger partial charge in [-0.25, -0.2) is 0 Å². The number of aromatic hydroxyl groups is 1. The summed E-state index contributed by atoms with van der Waals surface area (Å²) in [4.78, 5) is 12.0. The highest BCUT2D eigenvalue weighted by Crippen LogP contribution is 2.26. The second-order valence-electron chi connectivity index (χ2n) is 4.08. The van der Waals surface area contributed by atoms with E-state index in [0.29, 0.717) is 16.3 Å². The summed E-state index contributed by atoms with van der Waals surface area (Å²) in [6, 6.07) is 9.54. The predicted octanol–water partition coefficient (Wildman–Crippen LogP) is 4.26. The summed E-state index contributed by atoms with van der Waals surface area (Å²) in [5, 5.41) is 12.7. The number of phenols is 1. The van der Waals surface area contributed by atoms with Crippen LogP contribution < -0.4 is 5.32 Å². The van der Waals surface area contributed by atoms with Gasteiger partial charge < -0.3 is 10.4 Å². The summed E-state index contributed by atoms with van der Waals surface area (Å²) in [7, 11) is 0. The molecule has 0 unspecified atom stereocenters. The lowest BCUT2D eigenvalue weighted by Gasteiger charge is -2.07. The Morgan fingerprint density at radius 1 is 1.11 bits per heavy atom. The monoisotopic (exact) mass is 295 g/mol. The van der Waals surface area contributed by atoms with E-state index in [4.69, 9.17) is 23.2 Å². The van der Waals surface area contributed by atoms with Gasteiger partial charge in [-0.1, -0.05) is 29.3 Å². The highest BCUT2D eigenvalue weighted by molar-refractivity contribution is 6.32. The zero-order chi connectivity index (χ0) is 14.0. The van der Waals surface area contributed by atoms with Crippen LogP contribution in [0.25, 0.3) is 0 Å². The molecule has 5 heteroatoms. The van der Waals surface area contributed by atoms with E-state index in [-0.39, 0.29) is 16.7 Å². The van der Waals surface area contributed by atoms with Crippen LogP contribution in [-0.4, -0.2) is 11.0 Å². The van der Waals surface area contributed by atoms with Crippen molar-refractivity contribution >= 4 is 34.8 Å². The summed E-state index contributed by atoms with van der Waals surface area (Å²) in [5.74, 6) is -0.318. The fourth-order valence-electron chi connectivity index (χ4n) is 1.52. The summed E-state index contributed by atoms with van der Waals surface area (Å²) >= 11 is 11.7. The molecule has 2 rings (SSSR count). The van der Waals surface area contributed by atoms with Crippen molar-refractivity contribution < 1.29 is 9.90 Å². The molecule has 0 saturated heterocycles. The first-order valence-electron chi connectivity index (χ1n) is 5.53. The van der Waals surface area contributed by atoms with Crippen molar-refractivity contribution in [2.75, 3.05) is 5.32 Å². The SMILES string of the molecule is Cc1ccc(C(=O)Nc2ccc(O)c(Cl)c2)cc1Cl. The number of hydrogen-bond acceptors (Lipinski definition) is 2. The molecule has 2 aromatic rings. The van der Waals surface area contributed by atoms with E-state index in [0.717, 1.165) is 5.56 Å². The molecule has 0 radical (unpaired) electrons. The Hall–Kier alpha value is -1.71. The molecule has 98 valence electrons. The zero-order valence-corrected chi connectivity index (χ0v) is 11.6. The van der Waals surface area contributed by atoms with Gasteiger partial charge >= 0.3 is 0 Å². The number of nitrogens with one attached hydrogen (secondary N) is 1. The molecule has 1 amide bonds. The van der Waals surface area contributed by atoms with Crippen LogP contribution in [0, 0.1) is 6.92 Å². The Bertz CT molecular complexity index is 641. The van der Waals surface area contributed by atoms with Crippen molar-refractivity contribution in [3.63, 3.8) is 0 Å². The van der Waals surface area contributed by atoms with Gasteiger partial charge in [0.05, 0.1) is 5.02 Å². The fraction of sp³-hybridized carbons (Fsp3) is 0.0714. The van der Waals surface area contributed by atoms with E-state index in [1.54, 1.807) is 24.3 Å². The van der Waals surface area contributed by atoms with Gasteiger partial charge in [-0.3, -0.25) is 4.79 Å². The summed E-state index contributed by atoms with van der Waals surface area (Å²) < 4.78 is 0. The maximum absolute atomic E-state index is 12.0. The number of carbonyl (C=O) groups excluding carboxylic acids is 1. The average Bonchev–Trinajstić information content (AvgIpc) is 2.37. The number of anilines is 1. The van der Waals surface area contributed by atoms with Gasteiger partial charge in [0.25, 0.3) is 5.91 Å². The summed E-state index contributed by atoms with van der Waals surface area (Å²) in [6.45, 7) is 1.86. The largest absolute Gasteiger partial charge is 0.506 e. The molecular formula is C14H11Cl2NO2. The molecule has 0 bridgehead atoms. The molecule has 0 aliphatic rings. The van der Waals surface area contributed by atoms with Crippen molar-refractivity contribution in [1.82, 2.24) is 0 Å². The third kappa shape index (κ3) is 3.19. The maximum atomic E-state index is 12.0. The van der Waals surface area contributed by atoms with Crippen LogP contribution in [0.15, 0.2) is 36.4 Å². The molecule has 0 aromatic heterocycles. The molecule has 0 aliphatic heterocycles. The third-order valence-corrected chi connectivity index (χ3v) is 3.35. The van der Waals surface area contributed by atoms with E-state index in [1.165, 1.54) is 12.1 Å². The normalized spacial score (nSPS) is 10.3. The Morgan fingerprint density at radius 2 is 1.84 bits per heavy atom. The first kappa shape index (κ1) is 13.7. The molecule has 0 atom stereocenters. The Balaban J connectivity index is 2.20. The summed E-state index contributed by atoms with van der Waals surface area (Å²) in [6.07, 6.45) is 0. The molecule has 0 spiro atoms. The van der Waals surface area contributed by atoms with E-state index in [9.17, 15) is 9.90 Å². The van der Waals surface area contributed by atoms with E-state index < -0.39 is 0 Å².